The van der Waals surface area contributed by atoms with Gasteiger partial charge >= 0.3 is 0 Å². The Morgan fingerprint density at radius 1 is 1.00 bits per heavy atom. The molecule has 0 radical (unpaired) electrons. The van der Waals surface area contributed by atoms with Crippen LogP contribution in [0, 0.1) is 10.5 Å². The molecule has 32 heavy (non-hydrogen) atoms. The van der Waals surface area contributed by atoms with Gasteiger partial charge in [0.15, 0.2) is 0 Å². The molecule has 0 aromatic heterocycles. The van der Waals surface area contributed by atoms with Crippen LogP contribution in [0.15, 0.2) is 83.8 Å². The van der Waals surface area contributed by atoms with Gasteiger partial charge in [0, 0.05) is 3.57 Å². The van der Waals surface area contributed by atoms with E-state index in [9.17, 15) is 13.2 Å². The van der Waals surface area contributed by atoms with E-state index >= 15 is 0 Å². The summed E-state index contributed by atoms with van der Waals surface area (Å²) < 4.78 is 34.5. The quantitative estimate of drug-likeness (QED) is 0.392. The first-order valence-electron chi connectivity index (χ1n) is 10.1. The Morgan fingerprint density at radius 3 is 2.28 bits per heavy atom. The number of carbonyl (C=O) groups is 1. The predicted octanol–water partition coefficient (Wildman–Crippen LogP) is 4.38. The zero-order valence-corrected chi connectivity index (χ0v) is 20.8. The van der Waals surface area contributed by atoms with Crippen molar-refractivity contribution in [1.29, 1.82) is 0 Å². The van der Waals surface area contributed by atoms with Crippen molar-refractivity contribution in [3.8, 4) is 5.75 Å². The van der Waals surface area contributed by atoms with Gasteiger partial charge in [-0.1, -0.05) is 36.4 Å². The van der Waals surface area contributed by atoms with Gasteiger partial charge in [0.25, 0.3) is 10.0 Å². The van der Waals surface area contributed by atoms with Gasteiger partial charge in [-0.05, 0) is 84.5 Å². The van der Waals surface area contributed by atoms with Crippen LogP contribution in [0.5, 0.6) is 5.75 Å². The summed E-state index contributed by atoms with van der Waals surface area (Å²) in [6.07, 6.45) is 0. The fourth-order valence-corrected chi connectivity index (χ4v) is 4.87. The number of amides is 1. The number of carbonyl (C=O) groups excluding carboxylic acids is 1. The Labute approximate surface area is 202 Å². The Hall–Kier alpha value is -2.59. The second-order valence-electron chi connectivity index (χ2n) is 7.35. The molecule has 0 spiro atoms. The van der Waals surface area contributed by atoms with E-state index in [1.165, 1.54) is 12.1 Å². The van der Waals surface area contributed by atoms with Crippen molar-refractivity contribution < 1.29 is 17.9 Å². The van der Waals surface area contributed by atoms with E-state index in [4.69, 9.17) is 4.74 Å². The van der Waals surface area contributed by atoms with Gasteiger partial charge in [0.05, 0.1) is 16.6 Å². The molecule has 3 rings (SSSR count). The number of nitrogens with zero attached hydrogens (tertiary/aromatic N) is 1. The molecule has 0 fully saturated rings. The average Bonchev–Trinajstić information content (AvgIpc) is 2.78. The van der Waals surface area contributed by atoms with Crippen molar-refractivity contribution in [2.24, 2.45) is 0 Å². The van der Waals surface area contributed by atoms with Crippen LogP contribution in [-0.4, -0.2) is 33.5 Å². The van der Waals surface area contributed by atoms with Gasteiger partial charge in [0.1, 0.15) is 18.9 Å². The molecule has 1 atom stereocenters. The topological polar surface area (TPSA) is 75.7 Å². The maximum atomic E-state index is 13.3. The molecule has 0 aliphatic rings. The minimum Gasteiger partial charge on any atom is -0.491 e. The molecule has 1 unspecified atom stereocenters. The van der Waals surface area contributed by atoms with Gasteiger partial charge in [-0.2, -0.15) is 0 Å². The van der Waals surface area contributed by atoms with Gasteiger partial charge in [-0.25, -0.2) is 8.42 Å². The summed E-state index contributed by atoms with van der Waals surface area (Å²) in [4.78, 5) is 12.9. The SMILES string of the molecule is Cc1ccccc1OCC(C)NC(=O)CN(c1ccc(I)cc1)S(=O)(=O)c1ccccc1. The molecule has 3 aromatic carbocycles. The highest BCUT2D eigenvalue weighted by Crippen LogP contribution is 2.24. The molecule has 3 aromatic rings. The first-order valence-corrected chi connectivity index (χ1v) is 12.6. The highest BCUT2D eigenvalue weighted by Gasteiger charge is 2.27. The molecule has 1 N–H and O–H groups in total. The van der Waals surface area contributed by atoms with Crippen molar-refractivity contribution in [2.45, 2.75) is 24.8 Å². The van der Waals surface area contributed by atoms with E-state index in [2.05, 4.69) is 27.9 Å². The first kappa shape index (κ1) is 24.1. The second kappa shape index (κ2) is 10.8. The molecule has 0 aliphatic carbocycles. The summed E-state index contributed by atoms with van der Waals surface area (Å²) in [5, 5.41) is 2.83. The van der Waals surface area contributed by atoms with Crippen LogP contribution in [0.4, 0.5) is 5.69 Å². The lowest BCUT2D eigenvalue weighted by Gasteiger charge is -2.25. The third-order valence-electron chi connectivity index (χ3n) is 4.72. The van der Waals surface area contributed by atoms with Gasteiger partial charge < -0.3 is 10.1 Å². The summed E-state index contributed by atoms with van der Waals surface area (Å²) in [5.41, 5.74) is 1.43. The second-order valence-corrected chi connectivity index (χ2v) is 10.5. The number of benzene rings is 3. The summed E-state index contributed by atoms with van der Waals surface area (Å²) in [5.74, 6) is 0.338. The normalized spacial score (nSPS) is 12.1. The zero-order chi connectivity index (χ0) is 23.1. The molecule has 1 amide bonds. The number of para-hydroxylation sites is 1. The minimum atomic E-state index is -3.92. The molecule has 0 heterocycles. The summed E-state index contributed by atoms with van der Waals surface area (Å²) in [6, 6.07) is 22.4. The average molecular weight is 564 g/mol. The van der Waals surface area contributed by atoms with E-state index in [0.717, 1.165) is 19.2 Å². The van der Waals surface area contributed by atoms with Crippen LogP contribution >= 0.6 is 22.6 Å². The molecular weight excluding hydrogens is 539 g/mol. The fourth-order valence-electron chi connectivity index (χ4n) is 3.07. The number of sulfonamides is 1. The summed E-state index contributed by atoms with van der Waals surface area (Å²) in [7, 11) is -3.92. The van der Waals surface area contributed by atoms with E-state index in [1.54, 1.807) is 42.5 Å². The fraction of sp³-hybridized carbons (Fsp3) is 0.208. The summed E-state index contributed by atoms with van der Waals surface area (Å²) in [6.45, 7) is 3.70. The lowest BCUT2D eigenvalue weighted by molar-refractivity contribution is -0.120. The van der Waals surface area contributed by atoms with Crippen molar-refractivity contribution in [3.63, 3.8) is 0 Å². The number of nitrogens with one attached hydrogen (secondary N) is 1. The van der Waals surface area contributed by atoms with Crippen LogP contribution in [0.2, 0.25) is 0 Å². The Morgan fingerprint density at radius 2 is 1.62 bits per heavy atom. The Balaban J connectivity index is 1.73. The van der Waals surface area contributed by atoms with Crippen LogP contribution in [0.25, 0.3) is 0 Å². The van der Waals surface area contributed by atoms with E-state index in [1.807, 2.05) is 38.1 Å². The molecule has 0 saturated carbocycles. The molecule has 6 nitrogen and oxygen atoms in total. The zero-order valence-electron chi connectivity index (χ0n) is 17.9. The smallest absolute Gasteiger partial charge is 0.264 e. The third kappa shape index (κ3) is 6.23. The third-order valence-corrected chi connectivity index (χ3v) is 7.23. The van der Waals surface area contributed by atoms with Crippen molar-refractivity contribution in [1.82, 2.24) is 5.32 Å². The minimum absolute atomic E-state index is 0.127. The lowest BCUT2D eigenvalue weighted by Crippen LogP contribution is -2.45. The molecule has 0 bridgehead atoms. The molecular formula is C24H25IN2O4S. The number of ether oxygens (including phenoxy) is 1. The van der Waals surface area contributed by atoms with Crippen LogP contribution < -0.4 is 14.4 Å². The molecule has 168 valence electrons. The maximum absolute atomic E-state index is 13.3. The van der Waals surface area contributed by atoms with E-state index in [-0.39, 0.29) is 24.1 Å². The van der Waals surface area contributed by atoms with Crippen LogP contribution in [0.1, 0.15) is 12.5 Å². The number of anilines is 1. The van der Waals surface area contributed by atoms with Crippen molar-refractivity contribution >= 4 is 44.2 Å². The summed E-state index contributed by atoms with van der Waals surface area (Å²) >= 11 is 2.15. The van der Waals surface area contributed by atoms with Crippen molar-refractivity contribution in [3.05, 3.63) is 88.0 Å². The predicted molar refractivity (Wildman–Crippen MR) is 134 cm³/mol. The number of hydrogen-bond acceptors (Lipinski definition) is 4. The molecule has 8 heteroatoms. The van der Waals surface area contributed by atoms with Gasteiger partial charge in [0.2, 0.25) is 5.91 Å². The lowest BCUT2D eigenvalue weighted by atomic mass is 10.2. The van der Waals surface area contributed by atoms with E-state index in [0.29, 0.717) is 5.69 Å². The Kier molecular flexibility index (Phi) is 8.14. The number of halogens is 1. The molecule has 0 aliphatic heterocycles. The van der Waals surface area contributed by atoms with Gasteiger partial charge in [-0.15, -0.1) is 0 Å². The van der Waals surface area contributed by atoms with Crippen molar-refractivity contribution in [2.75, 3.05) is 17.5 Å². The van der Waals surface area contributed by atoms with Gasteiger partial charge in [-0.3, -0.25) is 9.10 Å². The Bertz CT molecular complexity index is 1150. The number of hydrogen-bond donors (Lipinski definition) is 1. The maximum Gasteiger partial charge on any atom is 0.264 e. The number of rotatable bonds is 9. The first-order chi connectivity index (χ1) is 15.3. The van der Waals surface area contributed by atoms with Crippen LogP contribution in [-0.2, 0) is 14.8 Å². The standard InChI is InChI=1S/C24H25IN2O4S/c1-18-8-6-7-11-23(18)31-17-19(2)26-24(28)16-27(21-14-12-20(25)13-15-21)32(29,30)22-9-4-3-5-10-22/h3-15,19H,16-17H2,1-2H3,(H,26,28). The van der Waals surface area contributed by atoms with Crippen LogP contribution in [0.3, 0.4) is 0 Å². The largest absolute Gasteiger partial charge is 0.491 e. The molecule has 0 saturated heterocycles. The highest BCUT2D eigenvalue weighted by atomic mass is 127. The monoisotopic (exact) mass is 564 g/mol. The highest BCUT2D eigenvalue weighted by molar-refractivity contribution is 14.1. The van der Waals surface area contributed by atoms with E-state index < -0.39 is 15.9 Å². The number of aryl methyl sites for hydroxylation is 1.